The van der Waals surface area contributed by atoms with E-state index in [1.54, 1.807) is 12.1 Å². The molecule has 1 aliphatic rings. The number of hydrogen-bond donors (Lipinski definition) is 2. The molecule has 0 bridgehead atoms. The summed E-state index contributed by atoms with van der Waals surface area (Å²) >= 11 is 0. The standard InChI is InChI=1S/C10H14N4O/c11-9-6-5-8(13-14-9)10(15)12-7-3-1-2-4-7/h5-7H,1-4H2,(H2,11,14)(H,12,15). The molecule has 0 unspecified atom stereocenters. The molecule has 0 spiro atoms. The molecule has 0 atom stereocenters. The van der Waals surface area contributed by atoms with E-state index >= 15 is 0 Å². The maximum absolute atomic E-state index is 11.7. The van der Waals surface area contributed by atoms with Crippen LogP contribution in [0.1, 0.15) is 36.2 Å². The van der Waals surface area contributed by atoms with Gasteiger partial charge in [-0.05, 0) is 25.0 Å². The third-order valence-corrected chi connectivity index (χ3v) is 2.61. The molecule has 1 amide bonds. The third-order valence-electron chi connectivity index (χ3n) is 2.61. The van der Waals surface area contributed by atoms with E-state index in [1.807, 2.05) is 0 Å². The van der Waals surface area contributed by atoms with Crippen molar-refractivity contribution in [2.24, 2.45) is 0 Å². The van der Waals surface area contributed by atoms with E-state index < -0.39 is 0 Å². The fourth-order valence-electron chi connectivity index (χ4n) is 1.79. The molecule has 0 aliphatic heterocycles. The summed E-state index contributed by atoms with van der Waals surface area (Å²) in [6, 6.07) is 3.47. The average Bonchev–Trinajstić information content (AvgIpc) is 2.71. The van der Waals surface area contributed by atoms with Gasteiger partial charge in [-0.2, -0.15) is 0 Å². The average molecular weight is 206 g/mol. The Kier molecular flexibility index (Phi) is 2.80. The fraction of sp³-hybridized carbons (Fsp3) is 0.500. The zero-order valence-corrected chi connectivity index (χ0v) is 8.44. The molecule has 1 saturated carbocycles. The summed E-state index contributed by atoms with van der Waals surface area (Å²) in [5.41, 5.74) is 5.71. The minimum atomic E-state index is -0.158. The van der Waals surface area contributed by atoms with Crippen LogP contribution in [0.2, 0.25) is 0 Å². The first-order valence-electron chi connectivity index (χ1n) is 5.16. The van der Waals surface area contributed by atoms with Gasteiger partial charge in [-0.3, -0.25) is 4.79 Å². The number of anilines is 1. The fourth-order valence-corrected chi connectivity index (χ4v) is 1.79. The predicted octanol–water partition coefficient (Wildman–Crippen LogP) is 0.731. The van der Waals surface area contributed by atoms with Gasteiger partial charge in [0.1, 0.15) is 5.82 Å². The van der Waals surface area contributed by atoms with Crippen molar-refractivity contribution >= 4 is 11.7 Å². The molecule has 80 valence electrons. The zero-order chi connectivity index (χ0) is 10.7. The Hall–Kier alpha value is -1.65. The number of carbonyl (C=O) groups is 1. The van der Waals surface area contributed by atoms with Crippen LogP contribution in [-0.2, 0) is 0 Å². The zero-order valence-electron chi connectivity index (χ0n) is 8.44. The van der Waals surface area contributed by atoms with E-state index in [-0.39, 0.29) is 5.91 Å². The number of carbonyl (C=O) groups excluding carboxylic acids is 1. The van der Waals surface area contributed by atoms with Gasteiger partial charge < -0.3 is 11.1 Å². The summed E-state index contributed by atoms with van der Waals surface area (Å²) in [4.78, 5) is 11.7. The van der Waals surface area contributed by atoms with E-state index in [9.17, 15) is 4.79 Å². The summed E-state index contributed by atoms with van der Waals surface area (Å²) in [7, 11) is 0. The number of aromatic nitrogens is 2. The third kappa shape index (κ3) is 2.43. The molecule has 5 nitrogen and oxygen atoms in total. The topological polar surface area (TPSA) is 80.9 Å². The first-order chi connectivity index (χ1) is 7.25. The van der Waals surface area contributed by atoms with Gasteiger partial charge in [0, 0.05) is 6.04 Å². The quantitative estimate of drug-likeness (QED) is 0.747. The molecule has 1 aromatic rings. The van der Waals surface area contributed by atoms with Crippen molar-refractivity contribution in [3.63, 3.8) is 0 Å². The Morgan fingerprint density at radius 2 is 2.07 bits per heavy atom. The Morgan fingerprint density at radius 1 is 1.33 bits per heavy atom. The monoisotopic (exact) mass is 206 g/mol. The van der Waals surface area contributed by atoms with Crippen molar-refractivity contribution in [1.29, 1.82) is 0 Å². The van der Waals surface area contributed by atoms with Gasteiger partial charge in [0.2, 0.25) is 0 Å². The SMILES string of the molecule is Nc1ccc(C(=O)NC2CCCC2)nn1. The van der Waals surface area contributed by atoms with Gasteiger partial charge in [-0.15, -0.1) is 10.2 Å². The Morgan fingerprint density at radius 3 is 2.67 bits per heavy atom. The highest BCUT2D eigenvalue weighted by molar-refractivity contribution is 5.92. The molecule has 1 heterocycles. The minimum absolute atomic E-state index is 0.158. The number of nitrogens with zero attached hydrogens (tertiary/aromatic N) is 2. The molecule has 5 heteroatoms. The molecule has 2 rings (SSSR count). The maximum Gasteiger partial charge on any atom is 0.272 e. The summed E-state index contributed by atoms with van der Waals surface area (Å²) in [6.07, 6.45) is 4.51. The summed E-state index contributed by atoms with van der Waals surface area (Å²) in [6.45, 7) is 0. The van der Waals surface area contributed by atoms with E-state index in [2.05, 4.69) is 15.5 Å². The van der Waals surface area contributed by atoms with Crippen molar-refractivity contribution in [2.45, 2.75) is 31.7 Å². The van der Waals surface area contributed by atoms with Crippen molar-refractivity contribution in [3.8, 4) is 0 Å². The number of amides is 1. The van der Waals surface area contributed by atoms with E-state index in [4.69, 9.17) is 5.73 Å². The molecule has 1 fully saturated rings. The molecular formula is C10H14N4O. The predicted molar refractivity (Wildman–Crippen MR) is 56.2 cm³/mol. The number of nitrogens with two attached hydrogens (primary N) is 1. The van der Waals surface area contributed by atoms with Gasteiger partial charge in [0.05, 0.1) is 0 Å². The van der Waals surface area contributed by atoms with Crippen LogP contribution in [0.5, 0.6) is 0 Å². The van der Waals surface area contributed by atoms with E-state index in [0.717, 1.165) is 12.8 Å². The van der Waals surface area contributed by atoms with Gasteiger partial charge in [0.15, 0.2) is 5.69 Å². The lowest BCUT2D eigenvalue weighted by atomic mass is 10.2. The van der Waals surface area contributed by atoms with Gasteiger partial charge in [-0.1, -0.05) is 12.8 Å². The molecule has 3 N–H and O–H groups in total. The maximum atomic E-state index is 11.7. The molecule has 15 heavy (non-hydrogen) atoms. The summed E-state index contributed by atoms with van der Waals surface area (Å²) in [5.74, 6) is 0.168. The van der Waals surface area contributed by atoms with Gasteiger partial charge in [-0.25, -0.2) is 0 Å². The highest BCUT2D eigenvalue weighted by atomic mass is 16.2. The smallest absolute Gasteiger partial charge is 0.272 e. The summed E-state index contributed by atoms with van der Waals surface area (Å²) < 4.78 is 0. The highest BCUT2D eigenvalue weighted by Gasteiger charge is 2.18. The molecule has 0 aromatic carbocycles. The second-order valence-corrected chi connectivity index (χ2v) is 3.80. The largest absolute Gasteiger partial charge is 0.382 e. The second-order valence-electron chi connectivity index (χ2n) is 3.80. The van der Waals surface area contributed by atoms with Crippen molar-refractivity contribution < 1.29 is 4.79 Å². The molecule has 1 aliphatic carbocycles. The van der Waals surface area contributed by atoms with Crippen molar-refractivity contribution in [3.05, 3.63) is 17.8 Å². The van der Waals surface area contributed by atoms with Gasteiger partial charge in [0.25, 0.3) is 5.91 Å². The van der Waals surface area contributed by atoms with Crippen molar-refractivity contribution in [1.82, 2.24) is 15.5 Å². The Balaban J connectivity index is 1.98. The minimum Gasteiger partial charge on any atom is -0.382 e. The lowest BCUT2D eigenvalue weighted by Crippen LogP contribution is -2.33. The molecular weight excluding hydrogens is 192 g/mol. The number of hydrogen-bond acceptors (Lipinski definition) is 4. The summed E-state index contributed by atoms with van der Waals surface area (Å²) in [5, 5.41) is 10.3. The van der Waals surface area contributed by atoms with Crippen LogP contribution in [0.15, 0.2) is 12.1 Å². The van der Waals surface area contributed by atoms with Crippen LogP contribution >= 0.6 is 0 Å². The lowest BCUT2D eigenvalue weighted by Gasteiger charge is -2.10. The van der Waals surface area contributed by atoms with Crippen LogP contribution in [-0.4, -0.2) is 22.1 Å². The first-order valence-corrected chi connectivity index (χ1v) is 5.16. The van der Waals surface area contributed by atoms with Crippen molar-refractivity contribution in [2.75, 3.05) is 5.73 Å². The Labute approximate surface area is 88.1 Å². The number of nitrogens with one attached hydrogen (secondary N) is 1. The second kappa shape index (κ2) is 4.25. The van der Waals surface area contributed by atoms with Crippen LogP contribution in [0.25, 0.3) is 0 Å². The van der Waals surface area contributed by atoms with E-state index in [0.29, 0.717) is 17.6 Å². The van der Waals surface area contributed by atoms with E-state index in [1.165, 1.54) is 12.8 Å². The van der Waals surface area contributed by atoms with Gasteiger partial charge >= 0.3 is 0 Å². The number of rotatable bonds is 2. The number of nitrogen functional groups attached to an aromatic ring is 1. The highest BCUT2D eigenvalue weighted by Crippen LogP contribution is 2.17. The normalized spacial score (nSPS) is 16.5. The molecule has 1 aromatic heterocycles. The van der Waals surface area contributed by atoms with Crippen LogP contribution in [0.3, 0.4) is 0 Å². The Bertz CT molecular complexity index is 343. The van der Waals surface area contributed by atoms with Crippen LogP contribution in [0.4, 0.5) is 5.82 Å². The molecule has 0 saturated heterocycles. The van der Waals surface area contributed by atoms with Crippen LogP contribution in [0, 0.1) is 0 Å². The lowest BCUT2D eigenvalue weighted by molar-refractivity contribution is 0.0932. The molecule has 0 radical (unpaired) electrons. The first kappa shape index (κ1) is 9.89. The van der Waals surface area contributed by atoms with Crippen LogP contribution < -0.4 is 11.1 Å².